The molecule has 0 heterocycles. The zero-order valence-electron chi connectivity index (χ0n) is 11.3. The Morgan fingerprint density at radius 1 is 1.21 bits per heavy atom. The zero-order valence-corrected chi connectivity index (χ0v) is 12.0. The van der Waals surface area contributed by atoms with E-state index in [0.717, 1.165) is 6.42 Å². The van der Waals surface area contributed by atoms with Crippen molar-refractivity contribution >= 4 is 17.4 Å². The summed E-state index contributed by atoms with van der Waals surface area (Å²) in [4.78, 5) is 11.2. The lowest BCUT2D eigenvalue weighted by Gasteiger charge is -2.09. The maximum absolute atomic E-state index is 11.2. The molecule has 0 N–H and O–H groups in total. The fourth-order valence-corrected chi connectivity index (χ4v) is 1.69. The fourth-order valence-electron chi connectivity index (χ4n) is 1.45. The molecule has 5 heteroatoms. The van der Waals surface area contributed by atoms with Gasteiger partial charge < -0.3 is 14.2 Å². The van der Waals surface area contributed by atoms with E-state index in [0.29, 0.717) is 42.8 Å². The van der Waals surface area contributed by atoms with E-state index in [-0.39, 0.29) is 5.78 Å². The van der Waals surface area contributed by atoms with Gasteiger partial charge in [-0.25, -0.2) is 0 Å². The molecule has 0 aromatic heterocycles. The number of carbonyl (C=O) groups is 1. The van der Waals surface area contributed by atoms with Gasteiger partial charge >= 0.3 is 0 Å². The lowest BCUT2D eigenvalue weighted by Crippen LogP contribution is -2.09. The highest BCUT2D eigenvalue weighted by Gasteiger charge is 2.05. The summed E-state index contributed by atoms with van der Waals surface area (Å²) in [7, 11) is 1.66. The number of methoxy groups -OCH3 is 1. The predicted molar refractivity (Wildman–Crippen MR) is 74.3 cm³/mol. The lowest BCUT2D eigenvalue weighted by molar-refractivity contribution is 0.0806. The average Bonchev–Trinajstić information content (AvgIpc) is 2.39. The lowest BCUT2D eigenvalue weighted by atomic mass is 10.1. The molecule has 0 amide bonds. The van der Waals surface area contributed by atoms with Crippen molar-refractivity contribution in [2.45, 2.75) is 13.3 Å². The Hall–Kier alpha value is -1.10. The number of carbonyl (C=O) groups excluding carboxylic acids is 1. The summed E-state index contributed by atoms with van der Waals surface area (Å²) in [6, 6.07) is 5.01. The van der Waals surface area contributed by atoms with E-state index in [9.17, 15) is 4.79 Å². The van der Waals surface area contributed by atoms with E-state index in [1.54, 1.807) is 25.3 Å². The van der Waals surface area contributed by atoms with Crippen LogP contribution in [0.1, 0.15) is 23.7 Å². The first-order valence-corrected chi connectivity index (χ1v) is 6.53. The summed E-state index contributed by atoms with van der Waals surface area (Å²) in [5, 5.41) is 0.437. The molecule has 0 bridgehead atoms. The first-order chi connectivity index (χ1) is 9.15. The minimum absolute atomic E-state index is 0.0186. The predicted octanol–water partition coefficient (Wildman–Crippen LogP) is 2.97. The highest BCUT2D eigenvalue weighted by molar-refractivity contribution is 6.32. The molecule has 1 aromatic carbocycles. The molecule has 0 fully saturated rings. The molecule has 106 valence electrons. The molecule has 0 spiro atoms. The first kappa shape index (κ1) is 16.0. The van der Waals surface area contributed by atoms with E-state index in [2.05, 4.69) is 0 Å². The van der Waals surface area contributed by atoms with Gasteiger partial charge in [-0.1, -0.05) is 11.6 Å². The molecule has 0 aliphatic heterocycles. The maximum atomic E-state index is 11.2. The van der Waals surface area contributed by atoms with Gasteiger partial charge in [-0.05, 0) is 31.5 Å². The summed E-state index contributed by atoms with van der Waals surface area (Å²) < 4.78 is 15.7. The summed E-state index contributed by atoms with van der Waals surface area (Å²) in [6.07, 6.45) is 0.866. The summed E-state index contributed by atoms with van der Waals surface area (Å²) in [5.41, 5.74) is 0.577. The number of Topliss-reactive ketones (excluding diaryl/α,β-unsaturated/α-hetero) is 1. The first-order valence-electron chi connectivity index (χ1n) is 6.15. The summed E-state index contributed by atoms with van der Waals surface area (Å²) in [6.45, 7) is 3.76. The number of halogens is 1. The minimum Gasteiger partial charge on any atom is -0.490 e. The van der Waals surface area contributed by atoms with Gasteiger partial charge in [0.15, 0.2) is 5.78 Å². The molecular formula is C14H19ClO4. The van der Waals surface area contributed by atoms with E-state index in [4.69, 9.17) is 25.8 Å². The largest absolute Gasteiger partial charge is 0.490 e. The monoisotopic (exact) mass is 286 g/mol. The Morgan fingerprint density at radius 2 is 2.00 bits per heavy atom. The molecule has 0 unspecified atom stereocenters. The van der Waals surface area contributed by atoms with Crippen molar-refractivity contribution < 1.29 is 19.0 Å². The van der Waals surface area contributed by atoms with Gasteiger partial charge in [-0.3, -0.25) is 4.79 Å². The molecule has 0 saturated heterocycles. The summed E-state index contributed by atoms with van der Waals surface area (Å²) >= 11 is 6.02. The minimum atomic E-state index is -0.0186. The Kier molecular flexibility index (Phi) is 7.48. The van der Waals surface area contributed by atoms with Crippen molar-refractivity contribution in [2.75, 3.05) is 33.5 Å². The third-order valence-corrected chi connectivity index (χ3v) is 2.76. The van der Waals surface area contributed by atoms with Crippen LogP contribution in [0.25, 0.3) is 0 Å². The van der Waals surface area contributed by atoms with Gasteiger partial charge in [0, 0.05) is 25.9 Å². The Balaban J connectivity index is 2.28. The highest BCUT2D eigenvalue weighted by atomic mass is 35.5. The molecule has 1 aromatic rings. The summed E-state index contributed by atoms with van der Waals surface area (Å²) in [5.74, 6) is 0.544. The number of ether oxygens (including phenoxy) is 3. The van der Waals surface area contributed by atoms with Crippen LogP contribution in [0.15, 0.2) is 18.2 Å². The van der Waals surface area contributed by atoms with Crippen LogP contribution in [0.2, 0.25) is 5.02 Å². The van der Waals surface area contributed by atoms with Gasteiger partial charge in [0.05, 0.1) is 11.6 Å². The number of rotatable bonds is 9. The molecule has 0 radical (unpaired) electrons. The molecule has 0 aliphatic carbocycles. The van der Waals surface area contributed by atoms with Crippen LogP contribution in [0.3, 0.4) is 0 Å². The van der Waals surface area contributed by atoms with Crippen LogP contribution in [-0.4, -0.2) is 39.3 Å². The number of hydrogen-bond acceptors (Lipinski definition) is 4. The van der Waals surface area contributed by atoms with Crippen molar-refractivity contribution in [1.82, 2.24) is 0 Å². The number of ketones is 1. The van der Waals surface area contributed by atoms with Crippen LogP contribution >= 0.6 is 11.6 Å². The SMILES string of the molecule is COCCCOCCOc1ccc(C(C)=O)cc1Cl. The molecule has 19 heavy (non-hydrogen) atoms. The van der Waals surface area contributed by atoms with Crippen molar-refractivity contribution in [2.24, 2.45) is 0 Å². The Morgan fingerprint density at radius 3 is 2.63 bits per heavy atom. The molecule has 0 aliphatic rings. The molecule has 0 saturated carbocycles. The van der Waals surface area contributed by atoms with Gasteiger partial charge in [0.25, 0.3) is 0 Å². The van der Waals surface area contributed by atoms with Crippen LogP contribution in [0, 0.1) is 0 Å². The maximum Gasteiger partial charge on any atom is 0.159 e. The normalized spacial score (nSPS) is 10.5. The van der Waals surface area contributed by atoms with Gasteiger partial charge in [-0.2, -0.15) is 0 Å². The van der Waals surface area contributed by atoms with Gasteiger partial charge in [-0.15, -0.1) is 0 Å². The fraction of sp³-hybridized carbons (Fsp3) is 0.500. The van der Waals surface area contributed by atoms with E-state index in [1.165, 1.54) is 6.92 Å². The van der Waals surface area contributed by atoms with Crippen LogP contribution in [0.4, 0.5) is 0 Å². The topological polar surface area (TPSA) is 44.8 Å². The highest BCUT2D eigenvalue weighted by Crippen LogP contribution is 2.25. The second kappa shape index (κ2) is 8.91. The molecular weight excluding hydrogens is 268 g/mol. The average molecular weight is 287 g/mol. The van der Waals surface area contributed by atoms with Gasteiger partial charge in [0.2, 0.25) is 0 Å². The second-order valence-corrected chi connectivity index (χ2v) is 4.42. The van der Waals surface area contributed by atoms with E-state index < -0.39 is 0 Å². The van der Waals surface area contributed by atoms with Crippen molar-refractivity contribution in [1.29, 1.82) is 0 Å². The quantitative estimate of drug-likeness (QED) is 0.517. The Labute approximate surface area is 118 Å². The Bertz CT molecular complexity index is 406. The molecule has 4 nitrogen and oxygen atoms in total. The smallest absolute Gasteiger partial charge is 0.159 e. The van der Waals surface area contributed by atoms with Crippen LogP contribution in [-0.2, 0) is 9.47 Å². The van der Waals surface area contributed by atoms with Gasteiger partial charge in [0.1, 0.15) is 12.4 Å². The third kappa shape index (κ3) is 6.05. The van der Waals surface area contributed by atoms with Crippen molar-refractivity contribution in [3.05, 3.63) is 28.8 Å². The second-order valence-electron chi connectivity index (χ2n) is 4.01. The van der Waals surface area contributed by atoms with Crippen LogP contribution < -0.4 is 4.74 Å². The molecule has 1 rings (SSSR count). The van der Waals surface area contributed by atoms with Crippen molar-refractivity contribution in [3.8, 4) is 5.75 Å². The third-order valence-electron chi connectivity index (χ3n) is 2.46. The van der Waals surface area contributed by atoms with Crippen LogP contribution in [0.5, 0.6) is 5.75 Å². The van der Waals surface area contributed by atoms with E-state index >= 15 is 0 Å². The van der Waals surface area contributed by atoms with E-state index in [1.807, 2.05) is 0 Å². The zero-order chi connectivity index (χ0) is 14.1. The van der Waals surface area contributed by atoms with Crippen molar-refractivity contribution in [3.63, 3.8) is 0 Å². The number of benzene rings is 1. The molecule has 0 atom stereocenters. The standard InChI is InChI=1S/C14H19ClO4/c1-11(16)12-4-5-14(13(15)10-12)19-9-8-18-7-3-6-17-2/h4-5,10H,3,6-9H2,1-2H3. The number of hydrogen-bond donors (Lipinski definition) is 0.